The molecule has 2 heterocycles. The van der Waals surface area contributed by atoms with E-state index in [1.807, 2.05) is 0 Å². The predicted octanol–water partition coefficient (Wildman–Crippen LogP) is 3.16. The Kier molecular flexibility index (Phi) is 3.98. The molecule has 0 amide bonds. The number of benzene rings is 1. The molecule has 8 nitrogen and oxygen atoms in total. The predicted molar refractivity (Wildman–Crippen MR) is 81.5 cm³/mol. The maximum Gasteiger partial charge on any atom is 0.434 e. The van der Waals surface area contributed by atoms with Gasteiger partial charge in [-0.15, -0.1) is 0 Å². The third-order valence-corrected chi connectivity index (χ3v) is 3.48. The molecule has 3 rings (SSSR count). The quantitative estimate of drug-likeness (QED) is 0.525. The molecule has 1 aromatic carbocycles. The second-order valence-electron chi connectivity index (χ2n) is 4.64. The lowest BCUT2D eigenvalue weighted by atomic mass is 10.1. The van der Waals surface area contributed by atoms with Crippen molar-refractivity contribution < 1.29 is 14.2 Å². The molecular weight excluding hydrogens is 324 g/mol. The lowest BCUT2D eigenvalue weighted by Crippen LogP contribution is -2.03. The molecule has 23 heavy (non-hydrogen) atoms. The molecule has 0 unspecified atom stereocenters. The van der Waals surface area contributed by atoms with Crippen molar-refractivity contribution in [1.29, 1.82) is 0 Å². The molecule has 2 aromatic heterocycles. The van der Waals surface area contributed by atoms with Crippen molar-refractivity contribution in [3.8, 4) is 17.0 Å². The Bertz CT molecular complexity index is 858. The van der Waals surface area contributed by atoms with Crippen molar-refractivity contribution in [3.05, 3.63) is 57.6 Å². The van der Waals surface area contributed by atoms with Gasteiger partial charge in [0.15, 0.2) is 5.76 Å². The van der Waals surface area contributed by atoms with Crippen LogP contribution in [0.2, 0.25) is 5.02 Å². The van der Waals surface area contributed by atoms with Crippen LogP contribution in [-0.2, 0) is 6.54 Å². The third-order valence-electron chi connectivity index (χ3n) is 3.19. The minimum absolute atomic E-state index is 0.160. The van der Waals surface area contributed by atoms with Gasteiger partial charge in [0, 0.05) is 11.6 Å². The topological polar surface area (TPSA) is 96.2 Å². The second-order valence-corrected chi connectivity index (χ2v) is 5.05. The molecule has 0 atom stereocenters. The van der Waals surface area contributed by atoms with Crippen LogP contribution >= 0.6 is 11.6 Å². The van der Waals surface area contributed by atoms with Crippen LogP contribution in [0.25, 0.3) is 11.3 Å². The summed E-state index contributed by atoms with van der Waals surface area (Å²) in [6.07, 6.45) is 2.86. The number of halogens is 1. The fraction of sp³-hybridized carbons (Fsp3) is 0.143. The van der Waals surface area contributed by atoms with E-state index in [0.29, 0.717) is 22.2 Å². The molecule has 0 aliphatic carbocycles. The molecule has 0 N–H and O–H groups in total. The fourth-order valence-electron chi connectivity index (χ4n) is 2.11. The minimum Gasteiger partial charge on any atom is -0.495 e. The first-order valence-corrected chi connectivity index (χ1v) is 6.91. The molecule has 0 saturated carbocycles. The highest BCUT2D eigenvalue weighted by Gasteiger charge is 2.17. The number of hydrogen-bond acceptors (Lipinski definition) is 6. The molecule has 0 fully saturated rings. The van der Waals surface area contributed by atoms with E-state index < -0.39 is 4.92 Å². The highest BCUT2D eigenvalue weighted by atomic mass is 35.5. The monoisotopic (exact) mass is 334 g/mol. The van der Waals surface area contributed by atoms with Crippen LogP contribution in [0.1, 0.15) is 5.76 Å². The highest BCUT2D eigenvalue weighted by molar-refractivity contribution is 6.32. The van der Waals surface area contributed by atoms with Crippen LogP contribution in [0.3, 0.4) is 0 Å². The Hall–Kier alpha value is -2.87. The summed E-state index contributed by atoms with van der Waals surface area (Å²) in [6.45, 7) is 0.160. The average molecular weight is 335 g/mol. The van der Waals surface area contributed by atoms with Crippen molar-refractivity contribution in [3.63, 3.8) is 0 Å². The van der Waals surface area contributed by atoms with Gasteiger partial charge in [0.25, 0.3) is 0 Å². The molecule has 0 aliphatic heterocycles. The van der Waals surface area contributed by atoms with Gasteiger partial charge < -0.3 is 19.4 Å². The van der Waals surface area contributed by atoms with Gasteiger partial charge in [0.2, 0.25) is 0 Å². The molecule has 0 spiro atoms. The van der Waals surface area contributed by atoms with E-state index in [4.69, 9.17) is 20.9 Å². The number of nitrogens with zero attached hydrogens (tertiary/aromatic N) is 4. The number of methoxy groups -OCH3 is 1. The first-order valence-electron chi connectivity index (χ1n) is 6.53. The maximum absolute atomic E-state index is 10.8. The van der Waals surface area contributed by atoms with Gasteiger partial charge in [-0.2, -0.15) is 0 Å². The average Bonchev–Trinajstić information content (AvgIpc) is 3.17. The molecule has 0 bridgehead atoms. The minimum atomic E-state index is -0.555. The number of nitro groups is 1. The number of rotatable bonds is 5. The van der Waals surface area contributed by atoms with Crippen molar-refractivity contribution in [2.45, 2.75) is 6.54 Å². The van der Waals surface area contributed by atoms with Gasteiger partial charge in [-0.25, -0.2) is 4.57 Å². The van der Waals surface area contributed by atoms with E-state index in [1.165, 1.54) is 24.1 Å². The third kappa shape index (κ3) is 3.02. The van der Waals surface area contributed by atoms with Crippen LogP contribution in [0.15, 0.2) is 41.2 Å². The number of aromatic nitrogens is 3. The molecule has 0 aliphatic rings. The van der Waals surface area contributed by atoms with E-state index in [2.05, 4.69) is 10.1 Å². The van der Waals surface area contributed by atoms with E-state index in [0.717, 1.165) is 5.56 Å². The van der Waals surface area contributed by atoms with Crippen molar-refractivity contribution in [1.82, 2.24) is 14.7 Å². The Morgan fingerprint density at radius 2 is 2.26 bits per heavy atom. The smallest absolute Gasteiger partial charge is 0.434 e. The first kappa shape index (κ1) is 15.0. The second kappa shape index (κ2) is 6.09. The van der Waals surface area contributed by atoms with Crippen molar-refractivity contribution in [2.24, 2.45) is 0 Å². The normalized spacial score (nSPS) is 10.7. The Morgan fingerprint density at radius 3 is 2.96 bits per heavy atom. The summed E-state index contributed by atoms with van der Waals surface area (Å²) in [5, 5.41) is 15.3. The maximum atomic E-state index is 10.8. The molecule has 0 radical (unpaired) electrons. The summed E-state index contributed by atoms with van der Waals surface area (Å²) in [4.78, 5) is 14.0. The summed E-state index contributed by atoms with van der Waals surface area (Å²) in [7, 11) is 1.53. The van der Waals surface area contributed by atoms with Gasteiger partial charge in [0.1, 0.15) is 30.4 Å². The standard InChI is InChI=1S/C14H11ClN4O4/c1-22-13-3-2-9(6-11(13)15)12-7-10(23-17-12)8-18-5-4-16-14(18)19(20)21/h2-7H,8H2,1H3. The zero-order valence-corrected chi connectivity index (χ0v) is 12.7. The van der Waals surface area contributed by atoms with Crippen molar-refractivity contribution in [2.75, 3.05) is 7.11 Å². The fourth-order valence-corrected chi connectivity index (χ4v) is 2.37. The zero-order chi connectivity index (χ0) is 16.4. The summed E-state index contributed by atoms with van der Waals surface area (Å²) in [6, 6.07) is 6.93. The van der Waals surface area contributed by atoms with Gasteiger partial charge in [-0.05, 0) is 23.1 Å². The summed E-state index contributed by atoms with van der Waals surface area (Å²) < 4.78 is 11.7. The first-order chi connectivity index (χ1) is 11.1. The SMILES string of the molecule is COc1ccc(-c2cc(Cn3ccnc3[N+](=O)[O-])on2)cc1Cl. The van der Waals surface area contributed by atoms with E-state index in [9.17, 15) is 10.1 Å². The van der Waals surface area contributed by atoms with E-state index in [-0.39, 0.29) is 12.5 Å². The van der Waals surface area contributed by atoms with E-state index >= 15 is 0 Å². The van der Waals surface area contributed by atoms with Gasteiger partial charge in [0.05, 0.1) is 12.1 Å². The van der Waals surface area contributed by atoms with Gasteiger partial charge in [-0.3, -0.25) is 0 Å². The summed E-state index contributed by atoms with van der Waals surface area (Å²) in [5.41, 5.74) is 1.33. The highest BCUT2D eigenvalue weighted by Crippen LogP contribution is 2.30. The largest absolute Gasteiger partial charge is 0.495 e. The lowest BCUT2D eigenvalue weighted by Gasteiger charge is -2.03. The number of imidazole rings is 1. The van der Waals surface area contributed by atoms with Crippen molar-refractivity contribution >= 4 is 17.5 Å². The Balaban J connectivity index is 1.84. The molecule has 118 valence electrons. The molecule has 9 heteroatoms. The Morgan fingerprint density at radius 1 is 1.43 bits per heavy atom. The van der Waals surface area contributed by atoms with Crippen LogP contribution in [-0.4, -0.2) is 26.7 Å². The van der Waals surface area contributed by atoms with Crippen LogP contribution in [0.5, 0.6) is 5.75 Å². The lowest BCUT2D eigenvalue weighted by molar-refractivity contribution is -0.396. The van der Waals surface area contributed by atoms with Crippen LogP contribution in [0.4, 0.5) is 5.95 Å². The molecular formula is C14H11ClN4O4. The molecule has 3 aromatic rings. The van der Waals surface area contributed by atoms with Crippen LogP contribution < -0.4 is 4.74 Å². The van der Waals surface area contributed by atoms with Gasteiger partial charge in [-0.1, -0.05) is 21.7 Å². The van der Waals surface area contributed by atoms with Gasteiger partial charge >= 0.3 is 5.95 Å². The van der Waals surface area contributed by atoms with Crippen LogP contribution in [0, 0.1) is 10.1 Å². The zero-order valence-electron chi connectivity index (χ0n) is 12.0. The summed E-state index contributed by atoms with van der Waals surface area (Å²) in [5.74, 6) is 0.775. The Labute approximate surface area is 135 Å². The summed E-state index contributed by atoms with van der Waals surface area (Å²) >= 11 is 6.09. The molecule has 0 saturated heterocycles. The van der Waals surface area contributed by atoms with E-state index in [1.54, 1.807) is 24.3 Å². The number of ether oxygens (including phenoxy) is 1. The number of hydrogen-bond donors (Lipinski definition) is 0.